The van der Waals surface area contributed by atoms with Crippen LogP contribution in [0.3, 0.4) is 0 Å². The van der Waals surface area contributed by atoms with Gasteiger partial charge in [0.25, 0.3) is 5.91 Å². The van der Waals surface area contributed by atoms with Gasteiger partial charge in [-0.1, -0.05) is 36.0 Å². The predicted molar refractivity (Wildman–Crippen MR) is 129 cm³/mol. The number of aryl methyl sites for hydroxylation is 1. The second-order valence-corrected chi connectivity index (χ2v) is 9.43. The molecule has 0 saturated heterocycles. The third-order valence-electron chi connectivity index (χ3n) is 4.95. The van der Waals surface area contributed by atoms with Gasteiger partial charge in [0, 0.05) is 11.4 Å². The Kier molecular flexibility index (Phi) is 6.53. The van der Waals surface area contributed by atoms with Crippen LogP contribution < -0.4 is 10.6 Å². The summed E-state index contributed by atoms with van der Waals surface area (Å²) < 4.78 is 15.5. The van der Waals surface area contributed by atoms with E-state index in [1.807, 2.05) is 32.0 Å². The number of amides is 2. The molecule has 3 aromatic carbocycles. The molecule has 0 radical (unpaired) electrons. The molecule has 0 bridgehead atoms. The van der Waals surface area contributed by atoms with Crippen LogP contribution in [0.5, 0.6) is 0 Å². The zero-order chi connectivity index (χ0) is 22.7. The summed E-state index contributed by atoms with van der Waals surface area (Å²) in [5.74, 6) is -0.934. The topological polar surface area (TPSA) is 71.1 Å². The van der Waals surface area contributed by atoms with Crippen molar-refractivity contribution in [3.8, 4) is 0 Å². The molecule has 0 atom stereocenters. The lowest BCUT2D eigenvalue weighted by molar-refractivity contribution is -0.113. The third-order valence-corrected chi connectivity index (χ3v) is 7.11. The number of thioether (sulfide) groups is 1. The SMILES string of the molecule is Cc1cccc(NC(=O)CSc2nc3ccc(NC(=O)c4ccccc4F)cc3s2)c1C. The average Bonchev–Trinajstić information content (AvgIpc) is 3.18. The number of carbonyl (C=O) groups excluding carboxylic acids is 2. The van der Waals surface area contributed by atoms with E-state index in [9.17, 15) is 14.0 Å². The molecule has 32 heavy (non-hydrogen) atoms. The van der Waals surface area contributed by atoms with E-state index in [0.717, 1.165) is 31.4 Å². The summed E-state index contributed by atoms with van der Waals surface area (Å²) in [5, 5.41) is 5.66. The van der Waals surface area contributed by atoms with Gasteiger partial charge >= 0.3 is 0 Å². The van der Waals surface area contributed by atoms with Crippen LogP contribution in [-0.4, -0.2) is 22.6 Å². The van der Waals surface area contributed by atoms with Gasteiger partial charge in [-0.25, -0.2) is 9.37 Å². The summed E-state index contributed by atoms with van der Waals surface area (Å²) in [6.45, 7) is 3.99. The van der Waals surface area contributed by atoms with Gasteiger partial charge in [0.2, 0.25) is 5.91 Å². The molecule has 1 aromatic heterocycles. The van der Waals surface area contributed by atoms with Gasteiger partial charge in [-0.05, 0) is 61.4 Å². The fourth-order valence-electron chi connectivity index (χ4n) is 3.09. The second kappa shape index (κ2) is 9.50. The van der Waals surface area contributed by atoms with Crippen molar-refractivity contribution in [2.24, 2.45) is 0 Å². The summed E-state index contributed by atoms with van der Waals surface area (Å²) in [5.41, 5.74) is 4.31. The van der Waals surface area contributed by atoms with E-state index < -0.39 is 11.7 Å². The molecule has 2 N–H and O–H groups in total. The lowest BCUT2D eigenvalue weighted by Crippen LogP contribution is -2.15. The number of anilines is 2. The van der Waals surface area contributed by atoms with Crippen LogP contribution in [0.15, 0.2) is 65.0 Å². The molecule has 8 heteroatoms. The number of hydrogen-bond acceptors (Lipinski definition) is 5. The molecule has 1 heterocycles. The van der Waals surface area contributed by atoms with Crippen molar-refractivity contribution in [3.63, 3.8) is 0 Å². The van der Waals surface area contributed by atoms with E-state index in [0.29, 0.717) is 5.69 Å². The minimum Gasteiger partial charge on any atom is -0.325 e. The van der Waals surface area contributed by atoms with Crippen molar-refractivity contribution in [2.45, 2.75) is 18.2 Å². The van der Waals surface area contributed by atoms with Crippen LogP contribution in [0.2, 0.25) is 0 Å². The van der Waals surface area contributed by atoms with E-state index in [2.05, 4.69) is 15.6 Å². The highest BCUT2D eigenvalue weighted by atomic mass is 32.2. The van der Waals surface area contributed by atoms with Gasteiger partial charge < -0.3 is 10.6 Å². The van der Waals surface area contributed by atoms with Crippen molar-refractivity contribution < 1.29 is 14.0 Å². The van der Waals surface area contributed by atoms with E-state index in [-0.39, 0.29) is 17.2 Å². The summed E-state index contributed by atoms with van der Waals surface area (Å²) >= 11 is 2.80. The zero-order valence-corrected chi connectivity index (χ0v) is 19.1. The Labute approximate surface area is 193 Å². The Morgan fingerprint density at radius 1 is 1.03 bits per heavy atom. The Bertz CT molecular complexity index is 1320. The first-order valence-electron chi connectivity index (χ1n) is 9.86. The number of nitrogens with one attached hydrogen (secondary N) is 2. The highest BCUT2D eigenvalue weighted by molar-refractivity contribution is 8.01. The molecule has 0 unspecified atom stereocenters. The Morgan fingerprint density at radius 2 is 1.84 bits per heavy atom. The Balaban J connectivity index is 1.40. The maximum Gasteiger partial charge on any atom is 0.258 e. The highest BCUT2D eigenvalue weighted by Gasteiger charge is 2.13. The first kappa shape index (κ1) is 22.0. The molecule has 0 aliphatic heterocycles. The lowest BCUT2D eigenvalue weighted by atomic mass is 10.1. The second-order valence-electron chi connectivity index (χ2n) is 7.18. The number of rotatable bonds is 6. The average molecular weight is 466 g/mol. The maximum absolute atomic E-state index is 13.8. The Morgan fingerprint density at radius 3 is 2.66 bits per heavy atom. The normalized spacial score (nSPS) is 10.8. The number of benzene rings is 3. The summed E-state index contributed by atoms with van der Waals surface area (Å²) in [6, 6.07) is 17.0. The predicted octanol–water partition coefficient (Wildman–Crippen LogP) is 6.04. The number of carbonyl (C=O) groups is 2. The van der Waals surface area contributed by atoms with E-state index in [1.54, 1.807) is 24.3 Å². The molecule has 5 nitrogen and oxygen atoms in total. The van der Waals surface area contributed by atoms with Gasteiger partial charge in [0.05, 0.1) is 21.5 Å². The fourth-order valence-corrected chi connectivity index (χ4v) is 4.99. The summed E-state index contributed by atoms with van der Waals surface area (Å²) in [6.07, 6.45) is 0. The third kappa shape index (κ3) is 4.98. The molecule has 0 fully saturated rings. The van der Waals surface area contributed by atoms with Crippen molar-refractivity contribution >= 4 is 56.5 Å². The minimum atomic E-state index is -0.568. The van der Waals surface area contributed by atoms with E-state index in [1.165, 1.54) is 41.3 Å². The number of fused-ring (bicyclic) bond motifs is 1. The van der Waals surface area contributed by atoms with Crippen LogP contribution >= 0.6 is 23.1 Å². The number of nitrogens with zero attached hydrogens (tertiary/aromatic N) is 1. The zero-order valence-electron chi connectivity index (χ0n) is 17.4. The first-order chi connectivity index (χ1) is 15.4. The minimum absolute atomic E-state index is 0.0111. The fraction of sp³-hybridized carbons (Fsp3) is 0.125. The van der Waals surface area contributed by atoms with Gasteiger partial charge in [-0.3, -0.25) is 9.59 Å². The maximum atomic E-state index is 13.8. The van der Waals surface area contributed by atoms with Crippen LogP contribution in [0.4, 0.5) is 15.8 Å². The molecule has 0 aliphatic carbocycles. The van der Waals surface area contributed by atoms with Gasteiger partial charge in [0.1, 0.15) is 5.82 Å². The van der Waals surface area contributed by atoms with Crippen LogP contribution in [0.1, 0.15) is 21.5 Å². The Hall–Kier alpha value is -3.23. The van der Waals surface area contributed by atoms with Crippen molar-refractivity contribution in [1.82, 2.24) is 4.98 Å². The van der Waals surface area contributed by atoms with Gasteiger partial charge in [-0.2, -0.15) is 0 Å². The molecule has 0 aliphatic rings. The van der Waals surface area contributed by atoms with E-state index in [4.69, 9.17) is 0 Å². The van der Waals surface area contributed by atoms with E-state index >= 15 is 0 Å². The largest absolute Gasteiger partial charge is 0.325 e. The molecular formula is C24H20FN3O2S2. The van der Waals surface area contributed by atoms with Crippen LogP contribution in [-0.2, 0) is 4.79 Å². The molecule has 2 amide bonds. The summed E-state index contributed by atoms with van der Waals surface area (Å²) in [4.78, 5) is 29.3. The molecule has 0 spiro atoms. The van der Waals surface area contributed by atoms with Crippen LogP contribution in [0.25, 0.3) is 10.2 Å². The van der Waals surface area contributed by atoms with Crippen molar-refractivity contribution in [1.29, 1.82) is 0 Å². The molecule has 4 rings (SSSR count). The molecule has 0 saturated carbocycles. The quantitative estimate of drug-likeness (QED) is 0.341. The number of thiazole rings is 1. The number of halogens is 1. The molecular weight excluding hydrogens is 445 g/mol. The standard InChI is InChI=1S/C24H20FN3O2S2/c1-14-6-5-9-19(15(14)2)27-22(29)13-31-24-28-20-11-10-16(12-21(20)32-24)26-23(30)17-7-3-4-8-18(17)25/h3-12H,13H2,1-2H3,(H,26,30)(H,27,29). The monoisotopic (exact) mass is 465 g/mol. The number of hydrogen-bond donors (Lipinski definition) is 2. The molecule has 4 aromatic rings. The van der Waals surface area contributed by atoms with Gasteiger partial charge in [0.15, 0.2) is 4.34 Å². The highest BCUT2D eigenvalue weighted by Crippen LogP contribution is 2.31. The van der Waals surface area contributed by atoms with Gasteiger partial charge in [-0.15, -0.1) is 11.3 Å². The van der Waals surface area contributed by atoms with Crippen molar-refractivity contribution in [3.05, 3.63) is 83.2 Å². The first-order valence-corrected chi connectivity index (χ1v) is 11.7. The number of aromatic nitrogens is 1. The summed E-state index contributed by atoms with van der Waals surface area (Å²) in [7, 11) is 0. The smallest absolute Gasteiger partial charge is 0.258 e. The van der Waals surface area contributed by atoms with Crippen molar-refractivity contribution in [2.75, 3.05) is 16.4 Å². The lowest BCUT2D eigenvalue weighted by Gasteiger charge is -2.09. The molecule has 162 valence electrons. The van der Waals surface area contributed by atoms with Crippen LogP contribution in [0, 0.1) is 19.7 Å².